The molecule has 0 bridgehead atoms. The summed E-state index contributed by atoms with van der Waals surface area (Å²) in [5.41, 5.74) is 7.46. The minimum absolute atomic E-state index is 0.910. The van der Waals surface area contributed by atoms with Crippen molar-refractivity contribution in [1.29, 1.82) is 0 Å². The van der Waals surface area contributed by atoms with Crippen LogP contribution in [0.4, 0.5) is 0 Å². The Balaban J connectivity index is 2.16. The zero-order valence-corrected chi connectivity index (χ0v) is 10.7. The summed E-state index contributed by atoms with van der Waals surface area (Å²) in [5, 5.41) is 0. The predicted octanol–water partition coefficient (Wildman–Crippen LogP) is 3.27. The molecule has 1 nitrogen and oxygen atoms in total. The van der Waals surface area contributed by atoms with E-state index >= 15 is 0 Å². The Morgan fingerprint density at radius 1 is 0.812 bits per heavy atom. The van der Waals surface area contributed by atoms with Crippen molar-refractivity contribution in [3.63, 3.8) is 0 Å². The SMILES string of the molecule is SCc1c2c(nc3c1CCCC3)CCCC2. The Bertz CT molecular complexity index is 377. The van der Waals surface area contributed by atoms with E-state index in [-0.39, 0.29) is 0 Å². The van der Waals surface area contributed by atoms with Gasteiger partial charge in [0.05, 0.1) is 0 Å². The highest BCUT2D eigenvalue weighted by Crippen LogP contribution is 2.32. The molecule has 0 spiro atoms. The van der Waals surface area contributed by atoms with Gasteiger partial charge in [-0.1, -0.05) is 0 Å². The molecule has 0 aromatic carbocycles. The van der Waals surface area contributed by atoms with Crippen molar-refractivity contribution in [2.75, 3.05) is 0 Å². The van der Waals surface area contributed by atoms with E-state index < -0.39 is 0 Å². The molecule has 86 valence electrons. The van der Waals surface area contributed by atoms with Gasteiger partial charge in [-0.05, 0) is 68.1 Å². The number of hydrogen-bond acceptors (Lipinski definition) is 2. The fraction of sp³-hybridized carbons (Fsp3) is 0.643. The number of hydrogen-bond donors (Lipinski definition) is 1. The Hall–Kier alpha value is -0.500. The fourth-order valence-corrected chi connectivity index (χ4v) is 3.59. The summed E-state index contributed by atoms with van der Waals surface area (Å²) in [6, 6.07) is 0. The summed E-state index contributed by atoms with van der Waals surface area (Å²) in [7, 11) is 0. The van der Waals surface area contributed by atoms with Crippen molar-refractivity contribution < 1.29 is 0 Å². The molecule has 0 N–H and O–H groups in total. The van der Waals surface area contributed by atoms with Crippen molar-refractivity contribution in [1.82, 2.24) is 4.98 Å². The maximum absolute atomic E-state index is 4.93. The Kier molecular flexibility index (Phi) is 2.93. The first-order valence-electron chi connectivity index (χ1n) is 6.53. The lowest BCUT2D eigenvalue weighted by molar-refractivity contribution is 0.620. The molecule has 0 amide bonds. The van der Waals surface area contributed by atoms with Crippen LogP contribution in [0.15, 0.2) is 0 Å². The smallest absolute Gasteiger partial charge is 0.0442 e. The Labute approximate surface area is 103 Å². The van der Waals surface area contributed by atoms with Crippen LogP contribution in [-0.4, -0.2) is 4.98 Å². The lowest BCUT2D eigenvalue weighted by Crippen LogP contribution is -2.17. The van der Waals surface area contributed by atoms with E-state index in [1.807, 2.05) is 0 Å². The largest absolute Gasteiger partial charge is 0.257 e. The standard InChI is InChI=1S/C14H19NS/c16-9-12-10-5-1-3-7-13(10)15-14-8-4-2-6-11(12)14/h16H,1-9H2. The zero-order chi connectivity index (χ0) is 11.0. The van der Waals surface area contributed by atoms with Gasteiger partial charge in [-0.15, -0.1) is 0 Å². The molecule has 1 aromatic rings. The van der Waals surface area contributed by atoms with Gasteiger partial charge >= 0.3 is 0 Å². The Morgan fingerprint density at radius 3 is 1.81 bits per heavy atom. The summed E-state index contributed by atoms with van der Waals surface area (Å²) in [5.74, 6) is 0.910. The molecule has 0 unspecified atom stereocenters. The van der Waals surface area contributed by atoms with Crippen LogP contribution in [0.5, 0.6) is 0 Å². The molecule has 1 heterocycles. The first kappa shape index (κ1) is 10.6. The van der Waals surface area contributed by atoms with E-state index in [0.717, 1.165) is 5.75 Å². The topological polar surface area (TPSA) is 12.9 Å². The van der Waals surface area contributed by atoms with Gasteiger partial charge < -0.3 is 0 Å². The van der Waals surface area contributed by atoms with Gasteiger partial charge in [0.25, 0.3) is 0 Å². The van der Waals surface area contributed by atoms with Crippen molar-refractivity contribution in [2.24, 2.45) is 0 Å². The van der Waals surface area contributed by atoms with E-state index in [9.17, 15) is 0 Å². The Morgan fingerprint density at radius 2 is 1.31 bits per heavy atom. The van der Waals surface area contributed by atoms with Gasteiger partial charge in [0, 0.05) is 17.1 Å². The zero-order valence-electron chi connectivity index (χ0n) is 9.76. The van der Waals surface area contributed by atoms with Gasteiger partial charge in [0.15, 0.2) is 0 Å². The third kappa shape index (κ3) is 1.67. The average Bonchev–Trinajstić information content (AvgIpc) is 2.36. The normalized spacial score (nSPS) is 19.1. The second-order valence-corrected chi connectivity index (χ2v) is 5.33. The molecule has 0 fully saturated rings. The molecule has 16 heavy (non-hydrogen) atoms. The van der Waals surface area contributed by atoms with Gasteiger partial charge in [-0.3, -0.25) is 4.98 Å². The van der Waals surface area contributed by atoms with Crippen LogP contribution < -0.4 is 0 Å². The van der Waals surface area contributed by atoms with Gasteiger partial charge in [0.2, 0.25) is 0 Å². The molecular weight excluding hydrogens is 214 g/mol. The number of thiol groups is 1. The molecule has 0 saturated heterocycles. The maximum atomic E-state index is 4.93. The molecule has 0 radical (unpaired) electrons. The summed E-state index contributed by atoms with van der Waals surface area (Å²) in [6.07, 6.45) is 10.2. The third-order valence-electron chi connectivity index (χ3n) is 4.03. The maximum Gasteiger partial charge on any atom is 0.0442 e. The van der Waals surface area contributed by atoms with Gasteiger partial charge in [-0.25, -0.2) is 0 Å². The first-order chi connectivity index (χ1) is 7.90. The monoisotopic (exact) mass is 233 g/mol. The second-order valence-electron chi connectivity index (χ2n) is 5.01. The van der Waals surface area contributed by atoms with Crippen LogP contribution in [0.2, 0.25) is 0 Å². The fourth-order valence-electron chi connectivity index (χ4n) is 3.21. The summed E-state index contributed by atoms with van der Waals surface area (Å²) >= 11 is 4.55. The van der Waals surface area contributed by atoms with Crippen LogP contribution in [0.25, 0.3) is 0 Å². The van der Waals surface area contributed by atoms with Crippen molar-refractivity contribution in [2.45, 2.75) is 57.1 Å². The molecular formula is C14H19NS. The number of aromatic nitrogens is 1. The highest BCUT2D eigenvalue weighted by atomic mass is 32.1. The molecule has 0 atom stereocenters. The highest BCUT2D eigenvalue weighted by Gasteiger charge is 2.22. The van der Waals surface area contributed by atoms with E-state index in [0.29, 0.717) is 0 Å². The summed E-state index contributed by atoms with van der Waals surface area (Å²) in [4.78, 5) is 4.93. The molecule has 2 aliphatic rings. The molecule has 3 rings (SSSR count). The van der Waals surface area contributed by atoms with Crippen LogP contribution in [-0.2, 0) is 31.4 Å². The second kappa shape index (κ2) is 4.40. The van der Waals surface area contributed by atoms with Gasteiger partial charge in [0.1, 0.15) is 0 Å². The van der Waals surface area contributed by atoms with E-state index in [1.165, 1.54) is 62.8 Å². The number of pyridine rings is 1. The number of rotatable bonds is 1. The number of fused-ring (bicyclic) bond motifs is 2. The molecule has 0 saturated carbocycles. The van der Waals surface area contributed by atoms with Crippen LogP contribution in [0.1, 0.15) is 53.8 Å². The predicted molar refractivity (Wildman–Crippen MR) is 70.2 cm³/mol. The summed E-state index contributed by atoms with van der Waals surface area (Å²) < 4.78 is 0. The minimum atomic E-state index is 0.910. The van der Waals surface area contributed by atoms with Crippen molar-refractivity contribution in [3.8, 4) is 0 Å². The van der Waals surface area contributed by atoms with E-state index in [4.69, 9.17) is 4.98 Å². The first-order valence-corrected chi connectivity index (χ1v) is 7.16. The average molecular weight is 233 g/mol. The van der Waals surface area contributed by atoms with Crippen molar-refractivity contribution in [3.05, 3.63) is 28.1 Å². The molecule has 2 aliphatic carbocycles. The molecule has 2 heteroatoms. The number of nitrogens with zero attached hydrogens (tertiary/aromatic N) is 1. The lowest BCUT2D eigenvalue weighted by atomic mass is 9.85. The lowest BCUT2D eigenvalue weighted by Gasteiger charge is -2.25. The van der Waals surface area contributed by atoms with Crippen LogP contribution in [0.3, 0.4) is 0 Å². The third-order valence-corrected chi connectivity index (χ3v) is 4.35. The molecule has 1 aromatic heterocycles. The van der Waals surface area contributed by atoms with E-state index in [1.54, 1.807) is 16.7 Å². The number of aryl methyl sites for hydroxylation is 2. The van der Waals surface area contributed by atoms with Crippen LogP contribution in [0, 0.1) is 0 Å². The van der Waals surface area contributed by atoms with Gasteiger partial charge in [-0.2, -0.15) is 12.6 Å². The quantitative estimate of drug-likeness (QED) is 0.735. The minimum Gasteiger partial charge on any atom is -0.257 e. The molecule has 0 aliphatic heterocycles. The van der Waals surface area contributed by atoms with Crippen LogP contribution >= 0.6 is 12.6 Å². The summed E-state index contributed by atoms with van der Waals surface area (Å²) in [6.45, 7) is 0. The highest BCUT2D eigenvalue weighted by molar-refractivity contribution is 7.79. The van der Waals surface area contributed by atoms with Crippen molar-refractivity contribution >= 4 is 12.6 Å². The van der Waals surface area contributed by atoms with E-state index in [2.05, 4.69) is 12.6 Å².